The Labute approximate surface area is 132 Å². The summed E-state index contributed by atoms with van der Waals surface area (Å²) in [5, 5.41) is 7.17. The first-order valence-corrected chi connectivity index (χ1v) is 7.04. The molecule has 0 saturated carbocycles. The quantitative estimate of drug-likeness (QED) is 0.882. The van der Waals surface area contributed by atoms with E-state index < -0.39 is 0 Å². The summed E-state index contributed by atoms with van der Waals surface area (Å²) in [7, 11) is 1.56. The maximum atomic E-state index is 12.1. The van der Waals surface area contributed by atoms with E-state index in [4.69, 9.17) is 27.9 Å². The lowest BCUT2D eigenvalue weighted by atomic mass is 10.1. The summed E-state index contributed by atoms with van der Waals surface area (Å²) in [6.45, 7) is 0. The number of hydrogen-bond donors (Lipinski definition) is 2. The number of amides is 1. The number of fused-ring (bicyclic) bond motifs is 1. The average Bonchev–Trinajstić information content (AvgIpc) is 2.46. The molecular formula is C15H12Cl2N2O2. The number of carbonyl (C=O) groups is 1. The summed E-state index contributed by atoms with van der Waals surface area (Å²) in [6.07, 6.45) is -0.369. The van der Waals surface area contributed by atoms with E-state index in [0.29, 0.717) is 27.0 Å². The molecule has 6 heteroatoms. The first-order chi connectivity index (χ1) is 10.1. The summed E-state index contributed by atoms with van der Waals surface area (Å²) < 4.78 is 5.12. The van der Waals surface area contributed by atoms with Crippen LogP contribution in [0.15, 0.2) is 36.4 Å². The van der Waals surface area contributed by atoms with Gasteiger partial charge in [-0.1, -0.05) is 29.3 Å². The average molecular weight is 323 g/mol. The number of carbonyl (C=O) groups excluding carboxylic acids is 1. The van der Waals surface area contributed by atoms with Crippen molar-refractivity contribution in [2.24, 2.45) is 0 Å². The lowest BCUT2D eigenvalue weighted by Gasteiger charge is -2.28. The molecule has 1 amide bonds. The maximum absolute atomic E-state index is 12.1. The van der Waals surface area contributed by atoms with Crippen molar-refractivity contribution in [2.75, 3.05) is 12.4 Å². The summed E-state index contributed by atoms with van der Waals surface area (Å²) in [6, 6.07) is 10.5. The highest BCUT2D eigenvalue weighted by molar-refractivity contribution is 6.32. The third-order valence-electron chi connectivity index (χ3n) is 3.31. The molecule has 0 saturated heterocycles. The molecule has 4 nitrogen and oxygen atoms in total. The summed E-state index contributed by atoms with van der Waals surface area (Å²) in [5.41, 5.74) is 2.10. The zero-order valence-corrected chi connectivity index (χ0v) is 12.6. The van der Waals surface area contributed by atoms with Gasteiger partial charge in [0.1, 0.15) is 11.9 Å². The Morgan fingerprint density at radius 3 is 2.62 bits per heavy atom. The number of halogens is 2. The van der Waals surface area contributed by atoms with Crippen LogP contribution in [0.3, 0.4) is 0 Å². The molecule has 1 atom stereocenters. The van der Waals surface area contributed by atoms with Crippen LogP contribution in [0.1, 0.15) is 22.1 Å². The van der Waals surface area contributed by atoms with E-state index in [0.717, 1.165) is 5.56 Å². The molecule has 1 heterocycles. The van der Waals surface area contributed by atoms with Gasteiger partial charge in [-0.25, -0.2) is 0 Å². The molecule has 21 heavy (non-hydrogen) atoms. The third kappa shape index (κ3) is 2.64. The van der Waals surface area contributed by atoms with E-state index in [1.807, 2.05) is 6.07 Å². The molecule has 0 aliphatic carbocycles. The van der Waals surface area contributed by atoms with Crippen LogP contribution in [0.2, 0.25) is 10.0 Å². The Morgan fingerprint density at radius 2 is 1.90 bits per heavy atom. The van der Waals surface area contributed by atoms with E-state index in [-0.39, 0.29) is 12.1 Å². The molecule has 0 spiro atoms. The standard InChI is InChI=1S/C15H12Cl2N2O2/c1-21-13-5-2-8(6-11(13)17)14-18-12-7-9(16)3-4-10(12)15(20)19-14/h2-7,14,18H,1H3,(H,19,20)/t14-/m0/s1. The Hall–Kier alpha value is -1.91. The molecule has 0 aromatic heterocycles. The molecule has 0 radical (unpaired) electrons. The van der Waals surface area contributed by atoms with Crippen LogP contribution in [0.5, 0.6) is 5.75 Å². The highest BCUT2D eigenvalue weighted by Crippen LogP contribution is 2.32. The van der Waals surface area contributed by atoms with Crippen LogP contribution in [-0.4, -0.2) is 13.0 Å². The van der Waals surface area contributed by atoms with Crippen molar-refractivity contribution in [3.05, 3.63) is 57.6 Å². The predicted molar refractivity (Wildman–Crippen MR) is 83.3 cm³/mol. The first-order valence-electron chi connectivity index (χ1n) is 6.29. The van der Waals surface area contributed by atoms with Gasteiger partial charge in [-0.15, -0.1) is 0 Å². The number of nitrogens with one attached hydrogen (secondary N) is 2. The van der Waals surface area contributed by atoms with Crippen molar-refractivity contribution in [1.82, 2.24) is 5.32 Å². The van der Waals surface area contributed by atoms with Crippen molar-refractivity contribution < 1.29 is 9.53 Å². The van der Waals surface area contributed by atoms with E-state index >= 15 is 0 Å². The van der Waals surface area contributed by atoms with Gasteiger partial charge in [-0.3, -0.25) is 4.79 Å². The minimum absolute atomic E-state index is 0.155. The Bertz CT molecular complexity index is 719. The fourth-order valence-electron chi connectivity index (χ4n) is 2.26. The minimum Gasteiger partial charge on any atom is -0.495 e. The largest absolute Gasteiger partial charge is 0.495 e. The van der Waals surface area contributed by atoms with Crippen LogP contribution in [0, 0.1) is 0 Å². The zero-order valence-electron chi connectivity index (χ0n) is 11.1. The summed E-state index contributed by atoms with van der Waals surface area (Å²) >= 11 is 12.1. The second kappa shape index (κ2) is 5.47. The third-order valence-corrected chi connectivity index (χ3v) is 3.84. The van der Waals surface area contributed by atoms with Gasteiger partial charge in [0, 0.05) is 5.02 Å². The topological polar surface area (TPSA) is 50.4 Å². The van der Waals surface area contributed by atoms with Gasteiger partial charge in [0.05, 0.1) is 23.4 Å². The van der Waals surface area contributed by atoms with Gasteiger partial charge in [0.15, 0.2) is 0 Å². The molecule has 3 rings (SSSR count). The van der Waals surface area contributed by atoms with Gasteiger partial charge in [0.2, 0.25) is 0 Å². The number of benzene rings is 2. The molecule has 1 aliphatic heterocycles. The highest BCUT2D eigenvalue weighted by Gasteiger charge is 2.25. The zero-order chi connectivity index (χ0) is 15.0. The number of hydrogen-bond acceptors (Lipinski definition) is 3. The highest BCUT2D eigenvalue weighted by atomic mass is 35.5. The number of ether oxygens (including phenoxy) is 1. The molecule has 0 unspecified atom stereocenters. The fourth-order valence-corrected chi connectivity index (χ4v) is 2.70. The molecule has 2 aromatic carbocycles. The van der Waals surface area contributed by atoms with Crippen molar-refractivity contribution >= 4 is 34.8 Å². The van der Waals surface area contributed by atoms with E-state index in [9.17, 15) is 4.79 Å². The number of anilines is 1. The van der Waals surface area contributed by atoms with Gasteiger partial charge in [-0.2, -0.15) is 0 Å². The second-order valence-corrected chi connectivity index (χ2v) is 5.48. The van der Waals surface area contributed by atoms with Crippen molar-refractivity contribution in [3.8, 4) is 5.75 Å². The van der Waals surface area contributed by atoms with E-state index in [1.54, 1.807) is 37.4 Å². The molecule has 0 fully saturated rings. The molecular weight excluding hydrogens is 311 g/mol. The van der Waals surface area contributed by atoms with Crippen molar-refractivity contribution in [2.45, 2.75) is 6.17 Å². The summed E-state index contributed by atoms with van der Waals surface area (Å²) in [4.78, 5) is 12.1. The second-order valence-electron chi connectivity index (χ2n) is 4.63. The normalized spacial score (nSPS) is 16.7. The molecule has 2 N–H and O–H groups in total. The van der Waals surface area contributed by atoms with Gasteiger partial charge >= 0.3 is 0 Å². The molecule has 2 aromatic rings. The fraction of sp³-hybridized carbons (Fsp3) is 0.133. The van der Waals surface area contributed by atoms with Gasteiger partial charge in [-0.05, 0) is 35.9 Å². The SMILES string of the molecule is COc1ccc([C@@H]2NC(=O)c3ccc(Cl)cc3N2)cc1Cl. The van der Waals surface area contributed by atoms with Crippen LogP contribution in [0.25, 0.3) is 0 Å². The predicted octanol–water partition coefficient (Wildman–Crippen LogP) is 3.86. The van der Waals surface area contributed by atoms with E-state index in [1.165, 1.54) is 0 Å². The van der Waals surface area contributed by atoms with E-state index in [2.05, 4.69) is 10.6 Å². The number of methoxy groups -OCH3 is 1. The number of rotatable bonds is 2. The Balaban J connectivity index is 1.95. The lowest BCUT2D eigenvalue weighted by Crippen LogP contribution is -2.38. The lowest BCUT2D eigenvalue weighted by molar-refractivity contribution is 0.0935. The maximum Gasteiger partial charge on any atom is 0.255 e. The molecule has 108 valence electrons. The van der Waals surface area contributed by atoms with Crippen LogP contribution in [-0.2, 0) is 0 Å². The molecule has 0 bridgehead atoms. The van der Waals surface area contributed by atoms with Crippen LogP contribution in [0.4, 0.5) is 5.69 Å². The van der Waals surface area contributed by atoms with Crippen molar-refractivity contribution in [3.63, 3.8) is 0 Å². The Morgan fingerprint density at radius 1 is 1.10 bits per heavy atom. The van der Waals surface area contributed by atoms with Gasteiger partial charge in [0.25, 0.3) is 5.91 Å². The van der Waals surface area contributed by atoms with Crippen LogP contribution >= 0.6 is 23.2 Å². The Kier molecular flexibility index (Phi) is 3.66. The monoisotopic (exact) mass is 322 g/mol. The smallest absolute Gasteiger partial charge is 0.255 e. The van der Waals surface area contributed by atoms with Crippen molar-refractivity contribution in [1.29, 1.82) is 0 Å². The summed E-state index contributed by atoms with van der Waals surface area (Å²) in [5.74, 6) is 0.434. The first kappa shape index (κ1) is 14.0. The minimum atomic E-state index is -0.369. The van der Waals surface area contributed by atoms with Crippen LogP contribution < -0.4 is 15.4 Å². The van der Waals surface area contributed by atoms with Gasteiger partial charge < -0.3 is 15.4 Å². The molecule has 1 aliphatic rings.